The van der Waals surface area contributed by atoms with Crippen LogP contribution in [0.1, 0.15) is 52.3 Å². The van der Waals surface area contributed by atoms with Crippen molar-refractivity contribution in [2.75, 3.05) is 33.4 Å². The second-order valence-corrected chi connectivity index (χ2v) is 13.1. The first kappa shape index (κ1) is 32.9. The molecule has 4 rings (SSSR count). The first-order valence-electron chi connectivity index (χ1n) is 14.8. The van der Waals surface area contributed by atoms with Crippen LogP contribution in [-0.4, -0.2) is 100.0 Å². The number of nitrogens with one attached hydrogen (secondary N) is 1. The number of amides is 4. The van der Waals surface area contributed by atoms with Crippen molar-refractivity contribution in [3.8, 4) is 0 Å². The summed E-state index contributed by atoms with van der Waals surface area (Å²) in [5.74, 6) is -0.799. The molecule has 0 aliphatic carbocycles. The molecule has 1 aromatic carbocycles. The molecular formula is C32H44N5O7+. The van der Waals surface area contributed by atoms with Crippen LogP contribution in [0.4, 0.5) is 9.59 Å². The third-order valence-electron chi connectivity index (χ3n) is 7.81. The number of carbonyl (C=O) groups excluding carboxylic acids is 4. The zero-order chi connectivity index (χ0) is 32.1. The smallest absolute Gasteiger partial charge is 0.444 e. The van der Waals surface area contributed by atoms with Gasteiger partial charge in [0.2, 0.25) is 11.8 Å². The summed E-state index contributed by atoms with van der Waals surface area (Å²) in [6.07, 6.45) is 0.764. The Balaban J connectivity index is 1.47. The van der Waals surface area contributed by atoms with E-state index in [2.05, 4.69) is 10.3 Å². The number of carbonyl (C=O) groups is 4. The second kappa shape index (κ2) is 13.3. The van der Waals surface area contributed by atoms with Crippen molar-refractivity contribution in [3.05, 3.63) is 66.0 Å². The third-order valence-corrected chi connectivity index (χ3v) is 7.81. The van der Waals surface area contributed by atoms with Gasteiger partial charge < -0.3 is 29.3 Å². The Labute approximate surface area is 258 Å². The highest BCUT2D eigenvalue weighted by atomic mass is 16.6. The molecule has 1 aromatic heterocycles. The van der Waals surface area contributed by atoms with Gasteiger partial charge in [0.25, 0.3) is 0 Å². The van der Waals surface area contributed by atoms with Gasteiger partial charge in [-0.3, -0.25) is 14.6 Å². The number of aromatic nitrogens is 1. The highest BCUT2D eigenvalue weighted by Crippen LogP contribution is 2.34. The van der Waals surface area contributed by atoms with Crippen LogP contribution in [0.3, 0.4) is 0 Å². The lowest BCUT2D eigenvalue weighted by Crippen LogP contribution is -2.62. The molecule has 2 unspecified atom stereocenters. The first-order valence-corrected chi connectivity index (χ1v) is 14.8. The summed E-state index contributed by atoms with van der Waals surface area (Å²) in [4.78, 5) is 60.5. The summed E-state index contributed by atoms with van der Waals surface area (Å²) < 4.78 is 16.9. The number of quaternary nitrogens is 1. The van der Waals surface area contributed by atoms with E-state index in [1.807, 2.05) is 55.6 Å². The monoisotopic (exact) mass is 610 g/mol. The summed E-state index contributed by atoms with van der Waals surface area (Å²) in [6, 6.07) is 14.7. The molecule has 2 aliphatic rings. The molecule has 1 N–H and O–H groups in total. The minimum Gasteiger partial charge on any atom is -0.444 e. The fraction of sp³-hybridized carbons (Fsp3) is 0.531. The average molecular weight is 611 g/mol. The number of rotatable bonds is 10. The second-order valence-electron chi connectivity index (χ2n) is 13.1. The summed E-state index contributed by atoms with van der Waals surface area (Å²) in [7, 11) is 1.81. The zero-order valence-corrected chi connectivity index (χ0v) is 26.4. The fourth-order valence-electron chi connectivity index (χ4n) is 5.51. The molecule has 12 nitrogen and oxygen atoms in total. The summed E-state index contributed by atoms with van der Waals surface area (Å²) in [5.41, 5.74) is -0.479. The summed E-state index contributed by atoms with van der Waals surface area (Å²) in [6.45, 7) is 9.09. The molecule has 3 atom stereocenters. The normalized spacial score (nSPS) is 21.7. The Hall–Kier alpha value is -4.03. The highest BCUT2D eigenvalue weighted by Gasteiger charge is 2.57. The van der Waals surface area contributed by atoms with Crippen molar-refractivity contribution in [2.45, 2.75) is 77.5 Å². The van der Waals surface area contributed by atoms with Crippen molar-refractivity contribution >= 4 is 24.0 Å². The van der Waals surface area contributed by atoms with Gasteiger partial charge in [-0.05, 0) is 52.3 Å². The summed E-state index contributed by atoms with van der Waals surface area (Å²) in [5, 5.41) is 2.63. The molecule has 2 aliphatic heterocycles. The van der Waals surface area contributed by atoms with E-state index in [9.17, 15) is 19.2 Å². The standard InChI is InChI=1S/C32H43N5O7/c1-31(2,3)44-29(40)34-32(4,5)28(39)36(22-42-21-23-12-8-7-9-13-23)19-27(38)35-17-15-26-25(18-35)37(6,30(41)43-26)20-24-14-10-11-16-33-24/h7-14,16,25-26H,15,17-22H2,1-6H3/p+1/t25?,26?,37-/m1/s1. The minimum absolute atomic E-state index is 0.0267. The van der Waals surface area contributed by atoms with E-state index in [0.717, 1.165) is 11.3 Å². The SMILES string of the molecule is CC(C)(C)OC(=O)NC(C)(C)C(=O)N(COCc1ccccc1)CC(=O)N1CCC2OC(=O)[N@+](C)(Cc3ccccn3)C2C1. The topological polar surface area (TPSA) is 127 Å². The van der Waals surface area contributed by atoms with Gasteiger partial charge in [-0.25, -0.2) is 9.28 Å². The molecule has 0 saturated carbocycles. The van der Waals surface area contributed by atoms with E-state index < -0.39 is 23.1 Å². The number of pyridine rings is 1. The largest absolute Gasteiger partial charge is 0.517 e. The van der Waals surface area contributed by atoms with E-state index in [-0.39, 0.29) is 55.1 Å². The van der Waals surface area contributed by atoms with Crippen molar-refractivity contribution in [1.29, 1.82) is 0 Å². The van der Waals surface area contributed by atoms with Crippen molar-refractivity contribution < 1.29 is 37.9 Å². The highest BCUT2D eigenvalue weighted by molar-refractivity contribution is 5.92. The maximum Gasteiger partial charge on any atom is 0.517 e. The minimum atomic E-state index is -1.39. The van der Waals surface area contributed by atoms with Gasteiger partial charge in [-0.2, -0.15) is 4.79 Å². The lowest BCUT2D eigenvalue weighted by atomic mass is 9.99. The molecular weight excluding hydrogens is 566 g/mol. The van der Waals surface area contributed by atoms with Crippen molar-refractivity contribution in [3.63, 3.8) is 0 Å². The Morgan fingerprint density at radius 2 is 1.80 bits per heavy atom. The maximum absolute atomic E-state index is 13.8. The Morgan fingerprint density at radius 1 is 1.09 bits per heavy atom. The molecule has 238 valence electrons. The number of alkyl carbamates (subject to hydrolysis) is 1. The molecule has 44 heavy (non-hydrogen) atoms. The lowest BCUT2D eigenvalue weighted by molar-refractivity contribution is -0.862. The molecule has 2 fully saturated rings. The van der Waals surface area contributed by atoms with Crippen LogP contribution >= 0.6 is 0 Å². The third kappa shape index (κ3) is 8.11. The number of hydrogen-bond acceptors (Lipinski definition) is 8. The number of fused-ring (bicyclic) bond motifs is 1. The number of benzene rings is 1. The van der Waals surface area contributed by atoms with Gasteiger partial charge in [0.05, 0.1) is 25.9 Å². The maximum atomic E-state index is 13.8. The molecule has 2 saturated heterocycles. The summed E-state index contributed by atoms with van der Waals surface area (Å²) >= 11 is 0. The van der Waals surface area contributed by atoms with Gasteiger partial charge in [-0.15, -0.1) is 0 Å². The molecule has 4 amide bonds. The van der Waals surface area contributed by atoms with Crippen LogP contribution < -0.4 is 5.32 Å². The number of nitrogens with zero attached hydrogens (tertiary/aromatic N) is 4. The van der Waals surface area contributed by atoms with Crippen LogP contribution in [0.25, 0.3) is 0 Å². The van der Waals surface area contributed by atoms with E-state index in [0.29, 0.717) is 19.5 Å². The van der Waals surface area contributed by atoms with Crippen LogP contribution in [0, 0.1) is 0 Å². The number of likely N-dealkylation sites (N-methyl/N-ethyl adjacent to an activating group) is 1. The van der Waals surface area contributed by atoms with Crippen LogP contribution in [-0.2, 0) is 37.0 Å². The van der Waals surface area contributed by atoms with E-state index in [1.165, 1.54) is 4.90 Å². The van der Waals surface area contributed by atoms with Crippen molar-refractivity contribution in [2.24, 2.45) is 0 Å². The molecule has 2 aromatic rings. The Kier molecular flexibility index (Phi) is 9.94. The van der Waals surface area contributed by atoms with Crippen molar-refractivity contribution in [1.82, 2.24) is 20.1 Å². The fourth-order valence-corrected chi connectivity index (χ4v) is 5.51. The number of piperidine rings is 1. The average Bonchev–Trinajstić information content (AvgIpc) is 3.20. The van der Waals surface area contributed by atoms with Gasteiger partial charge in [0, 0.05) is 19.2 Å². The number of ether oxygens (including phenoxy) is 3. The quantitative estimate of drug-likeness (QED) is 0.320. The van der Waals surface area contributed by atoms with Crippen LogP contribution in [0.15, 0.2) is 54.7 Å². The first-order chi connectivity index (χ1) is 20.7. The molecule has 0 spiro atoms. The molecule has 3 heterocycles. The van der Waals surface area contributed by atoms with Crippen LogP contribution in [0.5, 0.6) is 0 Å². The van der Waals surface area contributed by atoms with Gasteiger partial charge in [0.1, 0.15) is 31.0 Å². The van der Waals surface area contributed by atoms with Gasteiger partial charge >= 0.3 is 12.2 Å². The van der Waals surface area contributed by atoms with Crippen LogP contribution in [0.2, 0.25) is 0 Å². The van der Waals surface area contributed by atoms with E-state index in [1.54, 1.807) is 45.7 Å². The van der Waals surface area contributed by atoms with Gasteiger partial charge in [0.15, 0.2) is 12.1 Å². The molecule has 0 radical (unpaired) electrons. The number of hydrogen-bond donors (Lipinski definition) is 1. The zero-order valence-electron chi connectivity index (χ0n) is 26.4. The lowest BCUT2D eigenvalue weighted by Gasteiger charge is -2.39. The molecule has 0 bridgehead atoms. The molecule has 12 heteroatoms. The Bertz CT molecular complexity index is 1330. The number of likely N-dealkylation sites (tertiary alicyclic amines) is 1. The predicted molar refractivity (Wildman–Crippen MR) is 161 cm³/mol. The predicted octanol–water partition coefficient (Wildman–Crippen LogP) is 3.45. The Morgan fingerprint density at radius 3 is 2.45 bits per heavy atom. The van der Waals surface area contributed by atoms with Gasteiger partial charge in [-0.1, -0.05) is 36.4 Å². The van der Waals surface area contributed by atoms with E-state index in [4.69, 9.17) is 14.2 Å². The van der Waals surface area contributed by atoms with E-state index >= 15 is 0 Å².